The molecule has 2 aromatic carbocycles. The Kier molecular flexibility index (Phi) is 7.87. The van der Waals surface area contributed by atoms with Gasteiger partial charge in [0.05, 0.1) is 12.0 Å². The van der Waals surface area contributed by atoms with E-state index >= 15 is 0 Å². The topological polar surface area (TPSA) is 105 Å². The average molecular weight is 460 g/mol. The van der Waals surface area contributed by atoms with Crippen LogP contribution in [-0.2, 0) is 19.6 Å². The van der Waals surface area contributed by atoms with Crippen molar-refractivity contribution in [3.8, 4) is 5.75 Å². The summed E-state index contributed by atoms with van der Waals surface area (Å²) in [5.74, 6) is -0.988. The van der Waals surface area contributed by atoms with Gasteiger partial charge in [-0.1, -0.05) is 30.2 Å². The summed E-state index contributed by atoms with van der Waals surface area (Å²) in [5, 5.41) is 5.12. The van der Waals surface area contributed by atoms with Gasteiger partial charge in [0.25, 0.3) is 0 Å². The monoisotopic (exact) mass is 459 g/mol. The molecule has 1 saturated heterocycles. The molecule has 2 amide bonds. The van der Waals surface area contributed by atoms with Crippen molar-refractivity contribution in [1.29, 1.82) is 0 Å². The van der Waals surface area contributed by atoms with E-state index in [0.717, 1.165) is 24.8 Å². The van der Waals surface area contributed by atoms with Crippen molar-refractivity contribution in [3.63, 3.8) is 0 Å². The van der Waals surface area contributed by atoms with Gasteiger partial charge in [0.1, 0.15) is 5.75 Å². The van der Waals surface area contributed by atoms with E-state index in [1.54, 1.807) is 48.5 Å². The van der Waals surface area contributed by atoms with Gasteiger partial charge in [-0.2, -0.15) is 4.31 Å². The molecule has 9 heteroatoms. The highest BCUT2D eigenvalue weighted by Gasteiger charge is 2.33. The van der Waals surface area contributed by atoms with Gasteiger partial charge in [0.15, 0.2) is 0 Å². The number of piperidine rings is 1. The molecular weight excluding hydrogens is 430 g/mol. The Balaban J connectivity index is 1.56. The van der Waals surface area contributed by atoms with Gasteiger partial charge in [-0.3, -0.25) is 9.59 Å². The zero-order valence-electron chi connectivity index (χ0n) is 18.3. The van der Waals surface area contributed by atoms with Gasteiger partial charge >= 0.3 is 11.8 Å². The molecule has 2 N–H and O–H groups in total. The van der Waals surface area contributed by atoms with Crippen LogP contribution in [0, 0.1) is 6.92 Å². The molecule has 0 unspecified atom stereocenters. The zero-order valence-corrected chi connectivity index (χ0v) is 19.2. The molecule has 1 aliphatic rings. The number of hydrogen-bond acceptors (Lipinski definition) is 5. The summed E-state index contributed by atoms with van der Waals surface area (Å²) >= 11 is 0. The first-order valence-electron chi connectivity index (χ1n) is 10.6. The minimum absolute atomic E-state index is 0.203. The number of methoxy groups -OCH3 is 1. The largest absolute Gasteiger partial charge is 0.497 e. The molecule has 0 aromatic heterocycles. The van der Waals surface area contributed by atoms with E-state index < -0.39 is 21.8 Å². The Labute approximate surface area is 189 Å². The molecule has 1 aliphatic heterocycles. The number of amides is 2. The minimum atomic E-state index is -3.61. The molecule has 0 aliphatic carbocycles. The number of anilines is 1. The van der Waals surface area contributed by atoms with E-state index in [-0.39, 0.29) is 17.5 Å². The molecule has 2 aromatic rings. The Hall–Kier alpha value is -2.91. The molecule has 0 radical (unpaired) electrons. The van der Waals surface area contributed by atoms with Crippen LogP contribution in [0.25, 0.3) is 0 Å². The van der Waals surface area contributed by atoms with Crippen molar-refractivity contribution in [3.05, 3.63) is 54.1 Å². The van der Waals surface area contributed by atoms with E-state index in [1.165, 1.54) is 11.4 Å². The number of nitrogens with zero attached hydrogens (tertiary/aromatic N) is 1. The SMILES string of the molecule is COc1cccc(NC(=O)C(=O)NCC[C@@H]2CCCCN2S(=O)(=O)c2ccc(C)cc2)c1. The number of carbonyl (C=O) groups excluding carboxylic acids is 2. The van der Waals surface area contributed by atoms with Crippen LogP contribution >= 0.6 is 0 Å². The van der Waals surface area contributed by atoms with Gasteiger partial charge < -0.3 is 15.4 Å². The van der Waals surface area contributed by atoms with Crippen molar-refractivity contribution < 1.29 is 22.7 Å². The summed E-state index contributed by atoms with van der Waals surface area (Å²) in [7, 11) is -2.10. The third-order valence-electron chi connectivity index (χ3n) is 5.50. The number of aryl methyl sites for hydroxylation is 1. The van der Waals surface area contributed by atoms with Crippen LogP contribution in [0.1, 0.15) is 31.2 Å². The fraction of sp³-hybridized carbons (Fsp3) is 0.391. The second-order valence-electron chi connectivity index (χ2n) is 7.81. The van der Waals surface area contributed by atoms with Crippen LogP contribution in [0.3, 0.4) is 0 Å². The first kappa shape index (κ1) is 23.7. The van der Waals surface area contributed by atoms with Gasteiger partial charge in [0, 0.05) is 30.9 Å². The quantitative estimate of drug-likeness (QED) is 0.620. The minimum Gasteiger partial charge on any atom is -0.497 e. The summed E-state index contributed by atoms with van der Waals surface area (Å²) in [6.45, 7) is 2.56. The molecule has 0 saturated carbocycles. The van der Waals surface area contributed by atoms with Crippen molar-refractivity contribution in [2.45, 2.75) is 43.5 Å². The van der Waals surface area contributed by atoms with E-state index in [0.29, 0.717) is 24.4 Å². The summed E-state index contributed by atoms with van der Waals surface area (Å²) < 4.78 is 32.9. The first-order chi connectivity index (χ1) is 15.3. The lowest BCUT2D eigenvalue weighted by atomic mass is 10.0. The number of ether oxygens (including phenoxy) is 1. The standard InChI is InChI=1S/C23H29N3O5S/c1-17-9-11-21(12-10-17)32(29,30)26-15-4-3-7-19(26)13-14-24-22(27)23(28)25-18-6-5-8-20(16-18)31-2/h5-6,8-12,16,19H,3-4,7,13-15H2,1-2H3,(H,24,27)(H,25,28)/t19-/m0/s1. The van der Waals surface area contributed by atoms with E-state index in [1.807, 2.05) is 6.92 Å². The molecule has 3 rings (SSSR count). The third-order valence-corrected chi connectivity index (χ3v) is 7.46. The van der Waals surface area contributed by atoms with Crippen molar-refractivity contribution >= 4 is 27.5 Å². The number of rotatable bonds is 7. The fourth-order valence-corrected chi connectivity index (χ4v) is 5.47. The number of hydrogen-bond donors (Lipinski definition) is 2. The van der Waals surface area contributed by atoms with Gasteiger partial charge in [-0.15, -0.1) is 0 Å². The van der Waals surface area contributed by atoms with E-state index in [4.69, 9.17) is 4.74 Å². The van der Waals surface area contributed by atoms with Crippen molar-refractivity contribution in [2.75, 3.05) is 25.5 Å². The average Bonchev–Trinajstić information content (AvgIpc) is 2.79. The van der Waals surface area contributed by atoms with Crippen LogP contribution in [0.15, 0.2) is 53.4 Å². The maximum Gasteiger partial charge on any atom is 0.313 e. The predicted molar refractivity (Wildman–Crippen MR) is 122 cm³/mol. The van der Waals surface area contributed by atoms with Crippen LogP contribution in [0.2, 0.25) is 0 Å². The zero-order chi connectivity index (χ0) is 23.1. The normalized spacial score (nSPS) is 16.9. The Morgan fingerprint density at radius 1 is 1.09 bits per heavy atom. The maximum atomic E-state index is 13.1. The fourth-order valence-electron chi connectivity index (χ4n) is 3.75. The van der Waals surface area contributed by atoms with Gasteiger partial charge in [-0.25, -0.2) is 8.42 Å². The van der Waals surface area contributed by atoms with Crippen molar-refractivity contribution in [2.24, 2.45) is 0 Å². The molecule has 32 heavy (non-hydrogen) atoms. The van der Waals surface area contributed by atoms with Crippen LogP contribution in [0.5, 0.6) is 5.75 Å². The van der Waals surface area contributed by atoms with Crippen LogP contribution < -0.4 is 15.4 Å². The first-order valence-corrected chi connectivity index (χ1v) is 12.1. The van der Waals surface area contributed by atoms with Crippen LogP contribution in [-0.4, -0.2) is 50.8 Å². The molecular formula is C23H29N3O5S. The highest BCUT2D eigenvalue weighted by Crippen LogP contribution is 2.27. The molecule has 0 bridgehead atoms. The second-order valence-corrected chi connectivity index (χ2v) is 9.70. The van der Waals surface area contributed by atoms with Crippen LogP contribution in [0.4, 0.5) is 5.69 Å². The number of benzene rings is 2. The molecule has 1 heterocycles. The molecule has 1 atom stereocenters. The lowest BCUT2D eigenvalue weighted by Gasteiger charge is -2.34. The summed E-state index contributed by atoms with van der Waals surface area (Å²) in [5.41, 5.74) is 1.45. The number of carbonyl (C=O) groups is 2. The lowest BCUT2D eigenvalue weighted by molar-refractivity contribution is -0.136. The third kappa shape index (κ3) is 5.86. The highest BCUT2D eigenvalue weighted by atomic mass is 32.2. The Morgan fingerprint density at radius 2 is 1.84 bits per heavy atom. The van der Waals surface area contributed by atoms with E-state index in [2.05, 4.69) is 10.6 Å². The van der Waals surface area contributed by atoms with Crippen molar-refractivity contribution in [1.82, 2.24) is 9.62 Å². The highest BCUT2D eigenvalue weighted by molar-refractivity contribution is 7.89. The molecule has 1 fully saturated rings. The Bertz CT molecular complexity index is 1050. The number of nitrogens with one attached hydrogen (secondary N) is 2. The molecule has 8 nitrogen and oxygen atoms in total. The number of sulfonamides is 1. The maximum absolute atomic E-state index is 13.1. The summed E-state index contributed by atoms with van der Waals surface area (Å²) in [4.78, 5) is 24.6. The molecule has 172 valence electrons. The van der Waals surface area contributed by atoms with Gasteiger partial charge in [-0.05, 0) is 50.5 Å². The second kappa shape index (κ2) is 10.6. The molecule has 0 spiro atoms. The summed E-state index contributed by atoms with van der Waals surface area (Å²) in [6, 6.07) is 13.3. The predicted octanol–water partition coefficient (Wildman–Crippen LogP) is 2.69. The van der Waals surface area contributed by atoms with E-state index in [9.17, 15) is 18.0 Å². The smallest absolute Gasteiger partial charge is 0.313 e. The Morgan fingerprint density at radius 3 is 2.56 bits per heavy atom. The summed E-state index contributed by atoms with van der Waals surface area (Å²) in [6.07, 6.45) is 2.88. The van der Waals surface area contributed by atoms with Gasteiger partial charge in [0.2, 0.25) is 10.0 Å². The lowest BCUT2D eigenvalue weighted by Crippen LogP contribution is -2.45.